The number of aromatic nitrogens is 1. The van der Waals surface area contributed by atoms with Crippen molar-refractivity contribution >= 4 is 15.8 Å². The molecular weight excluding hydrogens is 218 g/mol. The lowest BCUT2D eigenvalue weighted by Gasteiger charge is -2.07. The molecule has 1 aromatic rings. The minimum absolute atomic E-state index is 0.0253. The quantitative estimate of drug-likeness (QED) is 0.637. The Morgan fingerprint density at radius 1 is 1.60 bits per heavy atom. The molecule has 1 aromatic heterocycles. The van der Waals surface area contributed by atoms with E-state index in [0.717, 1.165) is 0 Å². The summed E-state index contributed by atoms with van der Waals surface area (Å²) in [5.74, 6) is 0.254. The van der Waals surface area contributed by atoms with Crippen molar-refractivity contribution in [3.8, 4) is 0 Å². The van der Waals surface area contributed by atoms with Crippen LogP contribution < -0.4 is 10.5 Å². The van der Waals surface area contributed by atoms with Crippen LogP contribution in [0.3, 0.4) is 0 Å². The van der Waals surface area contributed by atoms with Crippen LogP contribution >= 0.6 is 0 Å². The van der Waals surface area contributed by atoms with Crippen LogP contribution in [0.1, 0.15) is 6.92 Å². The van der Waals surface area contributed by atoms with Gasteiger partial charge in [-0.1, -0.05) is 0 Å². The van der Waals surface area contributed by atoms with Gasteiger partial charge in [0.2, 0.25) is 10.0 Å². The highest BCUT2D eigenvalue weighted by molar-refractivity contribution is 7.89. The fraction of sp³-hybridized carbons (Fsp3) is 0.375. The summed E-state index contributed by atoms with van der Waals surface area (Å²) in [5, 5.41) is 8.94. The fourth-order valence-corrected chi connectivity index (χ4v) is 1.93. The van der Waals surface area contributed by atoms with Crippen molar-refractivity contribution in [3.05, 3.63) is 18.3 Å². The second-order valence-corrected chi connectivity index (χ2v) is 4.89. The molecule has 0 aromatic carbocycles. The number of nitrogens with two attached hydrogens (primary N) is 1. The van der Waals surface area contributed by atoms with Crippen molar-refractivity contribution in [3.63, 3.8) is 0 Å². The van der Waals surface area contributed by atoms with E-state index in [-0.39, 0.29) is 17.3 Å². The first-order valence-corrected chi connectivity index (χ1v) is 5.79. The summed E-state index contributed by atoms with van der Waals surface area (Å²) in [6.07, 6.45) is 0.432. The Balaban J connectivity index is 2.82. The number of sulfonamides is 1. The van der Waals surface area contributed by atoms with Crippen LogP contribution in [-0.4, -0.2) is 31.2 Å². The smallest absolute Gasteiger partial charge is 0.242 e. The van der Waals surface area contributed by atoms with Crippen LogP contribution in [0.4, 0.5) is 5.82 Å². The maximum Gasteiger partial charge on any atom is 0.242 e. The third-order valence-electron chi connectivity index (χ3n) is 1.64. The Bertz CT molecular complexity index is 413. The van der Waals surface area contributed by atoms with Gasteiger partial charge >= 0.3 is 0 Å². The molecule has 1 heterocycles. The van der Waals surface area contributed by atoms with E-state index in [0.29, 0.717) is 0 Å². The van der Waals surface area contributed by atoms with Gasteiger partial charge in [0.1, 0.15) is 10.7 Å². The molecule has 0 bridgehead atoms. The average Bonchev–Trinajstić information content (AvgIpc) is 2.16. The summed E-state index contributed by atoms with van der Waals surface area (Å²) < 4.78 is 25.3. The Morgan fingerprint density at radius 2 is 2.27 bits per heavy atom. The molecule has 6 nitrogen and oxygen atoms in total. The highest BCUT2D eigenvalue weighted by Gasteiger charge is 2.14. The van der Waals surface area contributed by atoms with Gasteiger partial charge in [0, 0.05) is 12.7 Å². The van der Waals surface area contributed by atoms with Crippen LogP contribution in [0.2, 0.25) is 0 Å². The van der Waals surface area contributed by atoms with Gasteiger partial charge in [-0.05, 0) is 19.1 Å². The van der Waals surface area contributed by atoms with Gasteiger partial charge in [0.25, 0.3) is 0 Å². The van der Waals surface area contributed by atoms with Gasteiger partial charge in [-0.15, -0.1) is 0 Å². The van der Waals surface area contributed by atoms with E-state index in [1.807, 2.05) is 0 Å². The maximum absolute atomic E-state index is 11.5. The van der Waals surface area contributed by atoms with Crippen LogP contribution in [0.15, 0.2) is 23.2 Å². The zero-order chi connectivity index (χ0) is 11.5. The van der Waals surface area contributed by atoms with Crippen molar-refractivity contribution < 1.29 is 13.5 Å². The number of aliphatic hydroxyl groups is 1. The molecule has 0 amide bonds. The van der Waals surface area contributed by atoms with Gasteiger partial charge < -0.3 is 10.8 Å². The molecule has 0 saturated carbocycles. The number of anilines is 1. The number of nitrogens with zero attached hydrogens (tertiary/aromatic N) is 1. The molecule has 0 aliphatic carbocycles. The molecule has 7 heteroatoms. The molecule has 15 heavy (non-hydrogen) atoms. The Hall–Kier alpha value is -1.18. The van der Waals surface area contributed by atoms with E-state index in [1.54, 1.807) is 0 Å². The first kappa shape index (κ1) is 11.9. The van der Waals surface area contributed by atoms with Gasteiger partial charge in [0.05, 0.1) is 6.10 Å². The van der Waals surface area contributed by atoms with Gasteiger partial charge in [-0.2, -0.15) is 0 Å². The molecule has 0 fully saturated rings. The maximum atomic E-state index is 11.5. The molecule has 4 N–H and O–H groups in total. The summed E-state index contributed by atoms with van der Waals surface area (Å²) in [5.41, 5.74) is 5.33. The van der Waals surface area contributed by atoms with Crippen LogP contribution in [0, 0.1) is 0 Å². The topological polar surface area (TPSA) is 105 Å². The van der Waals surface area contributed by atoms with Crippen molar-refractivity contribution in [2.24, 2.45) is 0 Å². The molecule has 0 unspecified atom stereocenters. The molecule has 1 rings (SSSR count). The SMILES string of the molecule is C[C@@H](O)CNS(=O)(=O)c1ccc(N)nc1. The Kier molecular flexibility index (Phi) is 3.61. The summed E-state index contributed by atoms with van der Waals surface area (Å²) >= 11 is 0. The van der Waals surface area contributed by atoms with Crippen molar-refractivity contribution in [2.45, 2.75) is 17.9 Å². The number of hydrogen-bond donors (Lipinski definition) is 3. The molecule has 0 aliphatic heterocycles. The first-order chi connectivity index (χ1) is 6.92. The third kappa shape index (κ3) is 3.46. The highest BCUT2D eigenvalue weighted by Crippen LogP contribution is 2.08. The van der Waals surface area contributed by atoms with Crippen LogP contribution in [-0.2, 0) is 10.0 Å². The van der Waals surface area contributed by atoms with Gasteiger partial charge in [-0.25, -0.2) is 18.1 Å². The molecule has 0 aliphatic rings. The zero-order valence-corrected chi connectivity index (χ0v) is 9.03. The number of hydrogen-bond acceptors (Lipinski definition) is 5. The lowest BCUT2D eigenvalue weighted by Crippen LogP contribution is -2.30. The largest absolute Gasteiger partial charge is 0.392 e. The van der Waals surface area contributed by atoms with E-state index >= 15 is 0 Å². The summed E-state index contributed by atoms with van der Waals surface area (Å²) in [6.45, 7) is 1.45. The monoisotopic (exact) mass is 231 g/mol. The third-order valence-corrected chi connectivity index (χ3v) is 3.05. The minimum atomic E-state index is -3.60. The van der Waals surface area contributed by atoms with E-state index in [2.05, 4.69) is 9.71 Å². The molecule has 0 saturated heterocycles. The normalized spacial score (nSPS) is 13.7. The highest BCUT2D eigenvalue weighted by atomic mass is 32.2. The standard InChI is InChI=1S/C8H13N3O3S/c1-6(12)4-11-15(13,14)7-2-3-8(9)10-5-7/h2-3,5-6,11-12H,4H2,1H3,(H2,9,10)/t6-/m1/s1. The number of pyridine rings is 1. The summed E-state index contributed by atoms with van der Waals surface area (Å²) in [4.78, 5) is 3.69. The molecule has 1 atom stereocenters. The minimum Gasteiger partial charge on any atom is -0.392 e. The number of nitrogen functional groups attached to an aromatic ring is 1. The van der Waals surface area contributed by atoms with E-state index in [9.17, 15) is 8.42 Å². The molecule has 0 radical (unpaired) electrons. The van der Waals surface area contributed by atoms with E-state index in [4.69, 9.17) is 10.8 Å². The predicted molar refractivity (Wildman–Crippen MR) is 55.5 cm³/mol. The predicted octanol–water partition coefficient (Wildman–Crippen LogP) is -0.677. The van der Waals surface area contributed by atoms with Crippen LogP contribution in [0.5, 0.6) is 0 Å². The van der Waals surface area contributed by atoms with E-state index in [1.165, 1.54) is 25.3 Å². The van der Waals surface area contributed by atoms with Gasteiger partial charge in [-0.3, -0.25) is 0 Å². The Morgan fingerprint density at radius 3 is 2.73 bits per heavy atom. The van der Waals surface area contributed by atoms with Crippen molar-refractivity contribution in [1.29, 1.82) is 0 Å². The lowest BCUT2D eigenvalue weighted by atomic mass is 10.4. The summed E-state index contributed by atoms with van der Waals surface area (Å²) in [6, 6.07) is 2.75. The molecular formula is C8H13N3O3S. The summed E-state index contributed by atoms with van der Waals surface area (Å²) in [7, 11) is -3.60. The lowest BCUT2D eigenvalue weighted by molar-refractivity contribution is 0.198. The second kappa shape index (κ2) is 4.56. The number of nitrogens with one attached hydrogen (secondary N) is 1. The second-order valence-electron chi connectivity index (χ2n) is 3.12. The van der Waals surface area contributed by atoms with Crippen molar-refractivity contribution in [2.75, 3.05) is 12.3 Å². The zero-order valence-electron chi connectivity index (χ0n) is 8.21. The Labute approximate surface area is 88.2 Å². The fourth-order valence-electron chi connectivity index (χ4n) is 0.864. The van der Waals surface area contributed by atoms with E-state index < -0.39 is 16.1 Å². The number of aliphatic hydroxyl groups excluding tert-OH is 1. The first-order valence-electron chi connectivity index (χ1n) is 4.31. The molecule has 84 valence electrons. The van der Waals surface area contributed by atoms with Crippen LogP contribution in [0.25, 0.3) is 0 Å². The number of rotatable bonds is 4. The average molecular weight is 231 g/mol. The van der Waals surface area contributed by atoms with Gasteiger partial charge in [0.15, 0.2) is 0 Å². The molecule has 0 spiro atoms. The van der Waals surface area contributed by atoms with Crippen molar-refractivity contribution in [1.82, 2.24) is 9.71 Å².